The van der Waals surface area contributed by atoms with E-state index in [1.54, 1.807) is 0 Å². The third kappa shape index (κ3) is 5.17. The van der Waals surface area contributed by atoms with Crippen LogP contribution in [-0.4, -0.2) is 38.0 Å². The molecule has 0 atom stereocenters. The largest absolute Gasteiger partial charge is 0.354 e. The molecular formula is C29H32N2O. The van der Waals surface area contributed by atoms with E-state index >= 15 is 0 Å². The molecule has 3 heteroatoms. The number of benzene rings is 4. The van der Waals surface area contributed by atoms with Crippen molar-refractivity contribution in [3.8, 4) is 0 Å². The van der Waals surface area contributed by atoms with Gasteiger partial charge < -0.3 is 10.2 Å². The van der Waals surface area contributed by atoms with Gasteiger partial charge in [-0.3, -0.25) is 4.79 Å². The van der Waals surface area contributed by atoms with E-state index in [1.807, 2.05) is 14.1 Å². The summed E-state index contributed by atoms with van der Waals surface area (Å²) in [5.74, 6) is 0.112. The summed E-state index contributed by atoms with van der Waals surface area (Å²) in [4.78, 5) is 15.5. The SMILES string of the molecule is CN(C)CCNC(=O)C(C)(Cc1ccc2ccccc2c1)Cc1ccc2ccccc2c1. The van der Waals surface area contributed by atoms with Crippen LogP contribution >= 0.6 is 0 Å². The number of carbonyl (C=O) groups excluding carboxylic acids is 1. The summed E-state index contributed by atoms with van der Waals surface area (Å²) in [6.45, 7) is 3.58. The molecule has 0 fully saturated rings. The highest BCUT2D eigenvalue weighted by Gasteiger charge is 2.33. The fourth-order valence-electron chi connectivity index (χ4n) is 4.43. The summed E-state index contributed by atoms with van der Waals surface area (Å²) in [7, 11) is 4.05. The monoisotopic (exact) mass is 424 g/mol. The van der Waals surface area contributed by atoms with Crippen LogP contribution in [0.5, 0.6) is 0 Å². The Balaban J connectivity index is 1.63. The Bertz CT molecular complexity index is 1150. The molecule has 4 rings (SSSR count). The zero-order valence-corrected chi connectivity index (χ0v) is 19.3. The van der Waals surface area contributed by atoms with Crippen LogP contribution in [0.15, 0.2) is 84.9 Å². The van der Waals surface area contributed by atoms with Crippen molar-refractivity contribution >= 4 is 27.5 Å². The minimum Gasteiger partial charge on any atom is -0.354 e. The highest BCUT2D eigenvalue weighted by molar-refractivity contribution is 5.86. The maximum atomic E-state index is 13.5. The van der Waals surface area contributed by atoms with E-state index < -0.39 is 5.41 Å². The number of hydrogen-bond acceptors (Lipinski definition) is 2. The van der Waals surface area contributed by atoms with Gasteiger partial charge in [0, 0.05) is 13.1 Å². The Morgan fingerprint density at radius 2 is 1.22 bits per heavy atom. The van der Waals surface area contributed by atoms with Gasteiger partial charge in [-0.05, 0) is 59.6 Å². The van der Waals surface area contributed by atoms with Crippen molar-refractivity contribution in [2.45, 2.75) is 19.8 Å². The average Bonchev–Trinajstić information content (AvgIpc) is 2.78. The zero-order valence-electron chi connectivity index (χ0n) is 19.3. The number of carbonyl (C=O) groups is 1. The lowest BCUT2D eigenvalue weighted by molar-refractivity contribution is -0.130. The van der Waals surface area contributed by atoms with Crippen LogP contribution in [0.3, 0.4) is 0 Å². The van der Waals surface area contributed by atoms with Gasteiger partial charge in [-0.25, -0.2) is 0 Å². The molecule has 0 aliphatic rings. The smallest absolute Gasteiger partial charge is 0.226 e. The fraction of sp³-hybridized carbons (Fsp3) is 0.276. The van der Waals surface area contributed by atoms with Crippen molar-refractivity contribution in [2.24, 2.45) is 5.41 Å². The minimum atomic E-state index is -0.544. The van der Waals surface area contributed by atoms with Gasteiger partial charge in [-0.15, -0.1) is 0 Å². The van der Waals surface area contributed by atoms with Crippen LogP contribution in [0.25, 0.3) is 21.5 Å². The van der Waals surface area contributed by atoms with E-state index in [0.29, 0.717) is 19.4 Å². The van der Waals surface area contributed by atoms with Crippen molar-refractivity contribution in [3.63, 3.8) is 0 Å². The summed E-state index contributed by atoms with van der Waals surface area (Å²) >= 11 is 0. The average molecular weight is 425 g/mol. The van der Waals surface area contributed by atoms with Gasteiger partial charge in [-0.1, -0.05) is 91.9 Å². The third-order valence-corrected chi connectivity index (χ3v) is 6.21. The highest BCUT2D eigenvalue weighted by Crippen LogP contribution is 2.30. The number of nitrogens with zero attached hydrogens (tertiary/aromatic N) is 1. The van der Waals surface area contributed by atoms with E-state index in [0.717, 1.165) is 6.54 Å². The number of amides is 1. The molecule has 0 saturated carbocycles. The van der Waals surface area contributed by atoms with E-state index in [9.17, 15) is 4.79 Å². The van der Waals surface area contributed by atoms with Crippen LogP contribution < -0.4 is 5.32 Å². The Hall–Kier alpha value is -3.17. The first-order valence-corrected chi connectivity index (χ1v) is 11.3. The number of rotatable bonds is 8. The van der Waals surface area contributed by atoms with E-state index in [-0.39, 0.29) is 5.91 Å². The van der Waals surface area contributed by atoms with Gasteiger partial charge in [0.15, 0.2) is 0 Å². The summed E-state index contributed by atoms with van der Waals surface area (Å²) in [6.07, 6.45) is 1.39. The van der Waals surface area contributed by atoms with Gasteiger partial charge in [0.1, 0.15) is 0 Å². The first-order chi connectivity index (χ1) is 15.4. The Morgan fingerprint density at radius 3 is 1.69 bits per heavy atom. The molecule has 0 saturated heterocycles. The summed E-state index contributed by atoms with van der Waals surface area (Å²) in [5, 5.41) is 8.07. The third-order valence-electron chi connectivity index (χ3n) is 6.21. The first kappa shape index (κ1) is 22.0. The van der Waals surface area contributed by atoms with Crippen molar-refractivity contribution in [1.82, 2.24) is 10.2 Å². The van der Waals surface area contributed by atoms with Crippen LogP contribution in [-0.2, 0) is 17.6 Å². The Labute approximate surface area is 191 Å². The lowest BCUT2D eigenvalue weighted by atomic mass is 9.77. The van der Waals surface area contributed by atoms with Gasteiger partial charge in [-0.2, -0.15) is 0 Å². The van der Waals surface area contributed by atoms with Gasteiger partial charge >= 0.3 is 0 Å². The number of hydrogen-bond donors (Lipinski definition) is 1. The molecule has 0 unspecified atom stereocenters. The second kappa shape index (κ2) is 9.54. The molecule has 4 aromatic carbocycles. The van der Waals surface area contributed by atoms with Gasteiger partial charge in [0.2, 0.25) is 5.91 Å². The molecule has 0 aromatic heterocycles. The highest BCUT2D eigenvalue weighted by atomic mass is 16.2. The quantitative estimate of drug-likeness (QED) is 0.407. The number of nitrogens with one attached hydrogen (secondary N) is 1. The Kier molecular flexibility index (Phi) is 6.57. The maximum Gasteiger partial charge on any atom is 0.226 e. The van der Waals surface area contributed by atoms with Crippen LogP contribution in [0, 0.1) is 5.41 Å². The minimum absolute atomic E-state index is 0.112. The standard InChI is InChI=1S/C29H32N2O/c1-29(28(32)30-16-17-31(2)3,20-22-12-14-24-8-4-6-10-26(24)18-22)21-23-13-15-25-9-5-7-11-27(25)19-23/h4-15,18-19H,16-17,20-21H2,1-3H3,(H,30,32). The molecule has 0 aliphatic carbocycles. The van der Waals surface area contributed by atoms with E-state index in [2.05, 4.69) is 102 Å². The Morgan fingerprint density at radius 1 is 0.750 bits per heavy atom. The molecular weight excluding hydrogens is 392 g/mol. The lowest BCUT2D eigenvalue weighted by Gasteiger charge is -2.29. The zero-order chi connectivity index (χ0) is 22.6. The second-order valence-electron chi connectivity index (χ2n) is 9.34. The molecule has 1 N–H and O–H groups in total. The predicted molar refractivity (Wildman–Crippen MR) is 135 cm³/mol. The molecule has 0 heterocycles. The van der Waals surface area contributed by atoms with Crippen molar-refractivity contribution in [2.75, 3.05) is 27.2 Å². The van der Waals surface area contributed by atoms with E-state index in [4.69, 9.17) is 0 Å². The van der Waals surface area contributed by atoms with Gasteiger partial charge in [0.25, 0.3) is 0 Å². The predicted octanol–water partition coefficient (Wildman–Crippen LogP) is 5.46. The van der Waals surface area contributed by atoms with Crippen molar-refractivity contribution in [1.29, 1.82) is 0 Å². The second-order valence-corrected chi connectivity index (χ2v) is 9.34. The van der Waals surface area contributed by atoms with Gasteiger partial charge in [0.05, 0.1) is 5.41 Å². The molecule has 0 bridgehead atoms. The lowest BCUT2D eigenvalue weighted by Crippen LogP contribution is -2.44. The van der Waals surface area contributed by atoms with Crippen molar-refractivity contribution in [3.05, 3.63) is 96.1 Å². The maximum absolute atomic E-state index is 13.5. The molecule has 0 aliphatic heterocycles. The molecule has 4 aromatic rings. The van der Waals surface area contributed by atoms with Crippen LogP contribution in [0.1, 0.15) is 18.1 Å². The summed E-state index contributed by atoms with van der Waals surface area (Å²) in [5.41, 5.74) is 1.83. The molecule has 0 spiro atoms. The fourth-order valence-corrected chi connectivity index (χ4v) is 4.43. The first-order valence-electron chi connectivity index (χ1n) is 11.3. The normalized spacial score (nSPS) is 11.9. The van der Waals surface area contributed by atoms with Crippen molar-refractivity contribution < 1.29 is 4.79 Å². The molecule has 1 amide bonds. The summed E-state index contributed by atoms with van der Waals surface area (Å²) in [6, 6.07) is 29.9. The van der Waals surface area contributed by atoms with Crippen LogP contribution in [0.4, 0.5) is 0 Å². The summed E-state index contributed by atoms with van der Waals surface area (Å²) < 4.78 is 0. The number of likely N-dealkylation sites (N-methyl/N-ethyl adjacent to an activating group) is 1. The van der Waals surface area contributed by atoms with Crippen LogP contribution in [0.2, 0.25) is 0 Å². The molecule has 0 radical (unpaired) electrons. The van der Waals surface area contributed by atoms with E-state index in [1.165, 1.54) is 32.7 Å². The number of fused-ring (bicyclic) bond motifs is 2. The molecule has 32 heavy (non-hydrogen) atoms. The molecule has 164 valence electrons. The molecule has 3 nitrogen and oxygen atoms in total. The topological polar surface area (TPSA) is 32.3 Å².